The smallest absolute Gasteiger partial charge is 0.255 e. The summed E-state index contributed by atoms with van der Waals surface area (Å²) in [5.74, 6) is -0.115. The molecule has 5 heteroatoms. The van der Waals surface area contributed by atoms with Crippen molar-refractivity contribution in [3.8, 4) is 21.8 Å². The predicted molar refractivity (Wildman–Crippen MR) is 117 cm³/mol. The average Bonchev–Trinajstić information content (AvgIpc) is 3.19. The zero-order chi connectivity index (χ0) is 19.5. The average molecular weight is 405 g/mol. The van der Waals surface area contributed by atoms with Crippen molar-refractivity contribution >= 4 is 34.5 Å². The largest absolute Gasteiger partial charge is 0.322 e. The lowest BCUT2D eigenvalue weighted by Crippen LogP contribution is -2.13. The van der Waals surface area contributed by atoms with Gasteiger partial charge in [-0.25, -0.2) is 4.98 Å². The number of rotatable bonds is 4. The molecule has 28 heavy (non-hydrogen) atoms. The van der Waals surface area contributed by atoms with Gasteiger partial charge in [0.2, 0.25) is 0 Å². The summed E-state index contributed by atoms with van der Waals surface area (Å²) < 4.78 is 0. The Kier molecular flexibility index (Phi) is 5.24. The van der Waals surface area contributed by atoms with Crippen LogP contribution in [0.3, 0.4) is 0 Å². The highest BCUT2D eigenvalue weighted by Gasteiger charge is 2.11. The van der Waals surface area contributed by atoms with E-state index in [-0.39, 0.29) is 5.91 Å². The number of amides is 1. The molecule has 0 bridgehead atoms. The van der Waals surface area contributed by atoms with Crippen LogP contribution in [0.5, 0.6) is 0 Å². The van der Waals surface area contributed by atoms with E-state index in [1.54, 1.807) is 11.3 Å². The van der Waals surface area contributed by atoms with Crippen LogP contribution in [0.1, 0.15) is 15.9 Å². The van der Waals surface area contributed by atoms with Gasteiger partial charge in [-0.2, -0.15) is 0 Å². The fourth-order valence-corrected chi connectivity index (χ4v) is 3.88. The number of nitrogens with zero attached hydrogens (tertiary/aromatic N) is 1. The van der Waals surface area contributed by atoms with Gasteiger partial charge in [-0.05, 0) is 42.8 Å². The van der Waals surface area contributed by atoms with E-state index in [1.807, 2.05) is 85.1 Å². The van der Waals surface area contributed by atoms with Gasteiger partial charge in [-0.1, -0.05) is 54.1 Å². The van der Waals surface area contributed by atoms with Crippen molar-refractivity contribution in [1.29, 1.82) is 0 Å². The van der Waals surface area contributed by atoms with Crippen molar-refractivity contribution < 1.29 is 4.79 Å². The second-order valence-electron chi connectivity index (χ2n) is 6.39. The third-order valence-corrected chi connectivity index (χ3v) is 5.54. The van der Waals surface area contributed by atoms with Crippen molar-refractivity contribution in [2.24, 2.45) is 0 Å². The van der Waals surface area contributed by atoms with Crippen LogP contribution in [0.15, 0.2) is 78.2 Å². The van der Waals surface area contributed by atoms with Crippen LogP contribution in [0.4, 0.5) is 5.69 Å². The molecular weight excluding hydrogens is 388 g/mol. The normalized spacial score (nSPS) is 10.6. The number of carbonyl (C=O) groups is 1. The Morgan fingerprint density at radius 2 is 1.75 bits per heavy atom. The molecule has 0 aliphatic heterocycles. The predicted octanol–water partition coefficient (Wildman–Crippen LogP) is 6.69. The molecule has 3 aromatic carbocycles. The van der Waals surface area contributed by atoms with Crippen molar-refractivity contribution in [2.75, 3.05) is 5.32 Å². The Morgan fingerprint density at radius 1 is 0.964 bits per heavy atom. The molecule has 0 atom stereocenters. The van der Waals surface area contributed by atoms with Gasteiger partial charge in [-0.3, -0.25) is 4.79 Å². The van der Waals surface area contributed by atoms with E-state index in [1.165, 1.54) is 0 Å². The number of thiazole rings is 1. The van der Waals surface area contributed by atoms with Gasteiger partial charge in [0.15, 0.2) is 0 Å². The summed E-state index contributed by atoms with van der Waals surface area (Å²) >= 11 is 7.54. The van der Waals surface area contributed by atoms with Gasteiger partial charge in [0.25, 0.3) is 5.91 Å². The molecule has 0 fully saturated rings. The van der Waals surface area contributed by atoms with E-state index in [4.69, 9.17) is 16.6 Å². The maximum Gasteiger partial charge on any atom is 0.255 e. The Hall–Kier alpha value is -2.95. The summed E-state index contributed by atoms with van der Waals surface area (Å²) in [5.41, 5.74) is 5.23. The quantitative estimate of drug-likeness (QED) is 0.411. The van der Waals surface area contributed by atoms with Gasteiger partial charge in [0, 0.05) is 32.8 Å². The molecule has 1 heterocycles. The van der Waals surface area contributed by atoms with Crippen molar-refractivity contribution in [3.63, 3.8) is 0 Å². The second-order valence-corrected chi connectivity index (χ2v) is 7.69. The molecule has 138 valence electrons. The van der Waals surface area contributed by atoms with Crippen LogP contribution in [0.25, 0.3) is 21.8 Å². The molecule has 1 N–H and O–H groups in total. The minimum atomic E-state index is -0.115. The maximum atomic E-state index is 12.6. The first kappa shape index (κ1) is 18.4. The highest BCUT2D eigenvalue weighted by Crippen LogP contribution is 2.30. The highest BCUT2D eigenvalue weighted by atomic mass is 35.5. The molecule has 0 unspecified atom stereocenters. The Labute approximate surface area is 172 Å². The van der Waals surface area contributed by atoms with Crippen LogP contribution in [-0.2, 0) is 0 Å². The fourth-order valence-electron chi connectivity index (χ4n) is 2.91. The van der Waals surface area contributed by atoms with Gasteiger partial charge < -0.3 is 5.32 Å². The number of hydrogen-bond donors (Lipinski definition) is 1. The molecule has 0 spiro atoms. The van der Waals surface area contributed by atoms with Crippen LogP contribution in [0, 0.1) is 6.92 Å². The number of nitrogens with one attached hydrogen (secondary N) is 1. The fraction of sp³-hybridized carbons (Fsp3) is 0.0435. The van der Waals surface area contributed by atoms with Crippen LogP contribution in [0.2, 0.25) is 5.02 Å². The van der Waals surface area contributed by atoms with Gasteiger partial charge >= 0.3 is 0 Å². The van der Waals surface area contributed by atoms with E-state index in [2.05, 4.69) is 5.32 Å². The zero-order valence-electron chi connectivity index (χ0n) is 15.1. The molecule has 0 saturated carbocycles. The lowest BCUT2D eigenvalue weighted by molar-refractivity contribution is 0.102. The standard InChI is InChI=1S/C23H17ClN2OS/c1-15-5-2-3-8-20(15)22(27)25-19-7-4-6-17(13-19)21-14-28-23(26-21)16-9-11-18(24)12-10-16/h2-14H,1H3,(H,25,27). The first-order chi connectivity index (χ1) is 13.6. The van der Waals surface area contributed by atoms with E-state index in [9.17, 15) is 4.79 Å². The van der Waals surface area contributed by atoms with Crippen LogP contribution in [-0.4, -0.2) is 10.9 Å². The number of anilines is 1. The van der Waals surface area contributed by atoms with Crippen molar-refractivity contribution in [1.82, 2.24) is 4.98 Å². The highest BCUT2D eigenvalue weighted by molar-refractivity contribution is 7.13. The third kappa shape index (κ3) is 3.98. The maximum absolute atomic E-state index is 12.6. The molecule has 0 aliphatic carbocycles. The monoisotopic (exact) mass is 404 g/mol. The third-order valence-electron chi connectivity index (χ3n) is 4.40. The van der Waals surface area contributed by atoms with Crippen LogP contribution < -0.4 is 5.32 Å². The first-order valence-electron chi connectivity index (χ1n) is 8.79. The molecule has 3 nitrogen and oxygen atoms in total. The van der Waals surface area contributed by atoms with E-state index in [0.717, 1.165) is 33.1 Å². The van der Waals surface area contributed by atoms with Gasteiger partial charge in [0.05, 0.1) is 5.69 Å². The number of carbonyl (C=O) groups excluding carboxylic acids is 1. The number of aromatic nitrogens is 1. The summed E-state index contributed by atoms with van der Waals surface area (Å²) in [7, 11) is 0. The summed E-state index contributed by atoms with van der Waals surface area (Å²) in [6.07, 6.45) is 0. The SMILES string of the molecule is Cc1ccccc1C(=O)Nc1cccc(-c2csc(-c3ccc(Cl)cc3)n2)c1. The molecule has 4 rings (SSSR count). The van der Waals surface area contributed by atoms with Gasteiger partial charge in [-0.15, -0.1) is 11.3 Å². The van der Waals surface area contributed by atoms with E-state index in [0.29, 0.717) is 10.6 Å². The molecule has 4 aromatic rings. The number of aryl methyl sites for hydroxylation is 1. The summed E-state index contributed by atoms with van der Waals surface area (Å²) in [6, 6.07) is 22.9. The molecule has 0 radical (unpaired) electrons. The second kappa shape index (κ2) is 7.97. The summed E-state index contributed by atoms with van der Waals surface area (Å²) in [5, 5.41) is 6.63. The molecule has 0 saturated heterocycles. The number of benzene rings is 3. The Morgan fingerprint density at radius 3 is 2.54 bits per heavy atom. The number of hydrogen-bond acceptors (Lipinski definition) is 3. The summed E-state index contributed by atoms with van der Waals surface area (Å²) in [4.78, 5) is 17.3. The van der Waals surface area contributed by atoms with E-state index < -0.39 is 0 Å². The van der Waals surface area contributed by atoms with E-state index >= 15 is 0 Å². The van der Waals surface area contributed by atoms with Gasteiger partial charge in [0.1, 0.15) is 5.01 Å². The zero-order valence-corrected chi connectivity index (χ0v) is 16.7. The summed E-state index contributed by atoms with van der Waals surface area (Å²) in [6.45, 7) is 1.93. The number of halogens is 1. The molecule has 0 aliphatic rings. The minimum Gasteiger partial charge on any atom is -0.322 e. The van der Waals surface area contributed by atoms with Crippen molar-refractivity contribution in [3.05, 3.63) is 94.3 Å². The molecule has 1 amide bonds. The van der Waals surface area contributed by atoms with Crippen LogP contribution >= 0.6 is 22.9 Å². The lowest BCUT2D eigenvalue weighted by atomic mass is 10.1. The Bertz CT molecular complexity index is 1140. The topological polar surface area (TPSA) is 42.0 Å². The minimum absolute atomic E-state index is 0.115. The lowest BCUT2D eigenvalue weighted by Gasteiger charge is -2.08. The Balaban J connectivity index is 1.57. The molecule has 1 aromatic heterocycles. The first-order valence-corrected chi connectivity index (χ1v) is 10.0. The van der Waals surface area contributed by atoms with Crippen molar-refractivity contribution in [2.45, 2.75) is 6.92 Å². The molecular formula is C23H17ClN2OS.